The third-order valence-corrected chi connectivity index (χ3v) is 3.34. The molecule has 0 atom stereocenters. The molecule has 0 saturated heterocycles. The van der Waals surface area contributed by atoms with E-state index in [1.807, 2.05) is 26.8 Å². The molecule has 1 aliphatic rings. The maximum absolute atomic E-state index is 12.6. The van der Waals surface area contributed by atoms with Crippen molar-refractivity contribution >= 4 is 11.6 Å². The van der Waals surface area contributed by atoms with Crippen molar-refractivity contribution in [3.63, 3.8) is 0 Å². The van der Waals surface area contributed by atoms with Crippen LogP contribution < -0.4 is 0 Å². The average Bonchev–Trinajstić information content (AvgIpc) is 2.46. The van der Waals surface area contributed by atoms with E-state index in [1.54, 1.807) is 12.2 Å². The maximum atomic E-state index is 12.6. The van der Waals surface area contributed by atoms with Crippen LogP contribution in [0.2, 0.25) is 0 Å². The molecule has 1 rings (SSSR count). The SMILES string of the molecule is C.C=CC1=C(C=C)C(=O)C(=C/C=C\C)/C(=C(\C)CC)C1=O. The van der Waals surface area contributed by atoms with Crippen LogP contribution >= 0.6 is 0 Å². The Bertz CT molecular complexity index is 593. The number of hydrogen-bond acceptors (Lipinski definition) is 2. The summed E-state index contributed by atoms with van der Waals surface area (Å²) >= 11 is 0. The van der Waals surface area contributed by atoms with Crippen molar-refractivity contribution in [2.45, 2.75) is 34.6 Å². The minimum atomic E-state index is -0.171. The van der Waals surface area contributed by atoms with Gasteiger partial charge in [0.15, 0.2) is 11.6 Å². The zero-order valence-electron chi connectivity index (χ0n) is 12.3. The average molecular weight is 284 g/mol. The highest BCUT2D eigenvalue weighted by Gasteiger charge is 2.32. The van der Waals surface area contributed by atoms with Crippen LogP contribution in [0.4, 0.5) is 0 Å². The molecule has 0 bridgehead atoms. The first-order valence-corrected chi connectivity index (χ1v) is 6.65. The lowest BCUT2D eigenvalue weighted by atomic mass is 9.79. The second-order valence-corrected chi connectivity index (χ2v) is 4.51. The molecule has 0 radical (unpaired) electrons. The van der Waals surface area contributed by atoms with Gasteiger partial charge in [-0.15, -0.1) is 0 Å². The number of rotatable bonds is 4. The molecule has 0 fully saturated rings. The second kappa shape index (κ2) is 8.15. The molecule has 21 heavy (non-hydrogen) atoms. The number of carbonyl (C=O) groups excluding carboxylic acids is 2. The molecule has 0 amide bonds. The smallest absolute Gasteiger partial charge is 0.194 e. The van der Waals surface area contributed by atoms with Gasteiger partial charge < -0.3 is 0 Å². The maximum Gasteiger partial charge on any atom is 0.194 e. The summed E-state index contributed by atoms with van der Waals surface area (Å²) in [5, 5.41) is 0. The Hall–Kier alpha value is -2.22. The molecule has 0 unspecified atom stereocenters. The quantitative estimate of drug-likeness (QED) is 0.703. The van der Waals surface area contributed by atoms with E-state index in [-0.39, 0.29) is 19.0 Å². The highest BCUT2D eigenvalue weighted by atomic mass is 16.1. The number of allylic oxidation sites excluding steroid dienone is 10. The van der Waals surface area contributed by atoms with E-state index < -0.39 is 0 Å². The molecule has 0 aromatic carbocycles. The van der Waals surface area contributed by atoms with E-state index in [2.05, 4.69) is 13.2 Å². The minimum absolute atomic E-state index is 0. The van der Waals surface area contributed by atoms with Crippen LogP contribution in [0, 0.1) is 0 Å². The van der Waals surface area contributed by atoms with Crippen LogP contribution in [0.25, 0.3) is 0 Å². The number of ketones is 2. The Morgan fingerprint density at radius 2 is 1.62 bits per heavy atom. The van der Waals surface area contributed by atoms with Crippen LogP contribution in [0.1, 0.15) is 34.6 Å². The van der Waals surface area contributed by atoms with Crippen LogP contribution in [-0.2, 0) is 9.59 Å². The Kier molecular flexibility index (Phi) is 7.29. The molecule has 0 spiro atoms. The lowest BCUT2D eigenvalue weighted by Gasteiger charge is -2.21. The predicted octanol–water partition coefficient (Wildman–Crippen LogP) is 4.67. The molecule has 0 aliphatic heterocycles. The van der Waals surface area contributed by atoms with E-state index in [1.165, 1.54) is 12.2 Å². The highest BCUT2D eigenvalue weighted by Crippen LogP contribution is 2.32. The van der Waals surface area contributed by atoms with Crippen molar-refractivity contribution in [3.05, 3.63) is 71.4 Å². The molecular weight excluding hydrogens is 260 g/mol. The van der Waals surface area contributed by atoms with E-state index in [0.717, 1.165) is 12.0 Å². The van der Waals surface area contributed by atoms with Gasteiger partial charge >= 0.3 is 0 Å². The zero-order chi connectivity index (χ0) is 15.3. The lowest BCUT2D eigenvalue weighted by Crippen LogP contribution is -2.24. The highest BCUT2D eigenvalue weighted by molar-refractivity contribution is 6.31. The molecule has 0 aromatic heterocycles. The predicted molar refractivity (Wildman–Crippen MR) is 90.1 cm³/mol. The molecular formula is C19H24O2. The number of Topliss-reactive ketones (excluding diaryl/α,β-unsaturated/α-hetero) is 2. The van der Waals surface area contributed by atoms with Crippen LogP contribution in [0.5, 0.6) is 0 Å². The van der Waals surface area contributed by atoms with Crippen molar-refractivity contribution in [1.82, 2.24) is 0 Å². The van der Waals surface area contributed by atoms with E-state index >= 15 is 0 Å². The molecule has 0 aromatic rings. The molecule has 0 saturated carbocycles. The van der Waals surface area contributed by atoms with Crippen molar-refractivity contribution in [3.8, 4) is 0 Å². The van der Waals surface area contributed by atoms with Crippen molar-refractivity contribution < 1.29 is 9.59 Å². The molecule has 112 valence electrons. The first-order valence-electron chi connectivity index (χ1n) is 6.65. The standard InChI is InChI=1S/C18H20O2.CH4/c1-6-10-11-15-16(12(5)7-2)18(20)14(9-4)13(8-3)17(15)19;/h6,8-11H,3-4,7H2,1-2,5H3;1H4/b10-6-,15-11+,16-12-;. The Balaban J connectivity index is 0.00000400. The van der Waals surface area contributed by atoms with Crippen molar-refractivity contribution in [1.29, 1.82) is 0 Å². The van der Waals surface area contributed by atoms with Crippen molar-refractivity contribution in [2.75, 3.05) is 0 Å². The third-order valence-electron chi connectivity index (χ3n) is 3.34. The van der Waals surface area contributed by atoms with Gasteiger partial charge in [-0.25, -0.2) is 0 Å². The lowest BCUT2D eigenvalue weighted by molar-refractivity contribution is -0.116. The van der Waals surface area contributed by atoms with Gasteiger partial charge in [-0.05, 0) is 20.3 Å². The van der Waals surface area contributed by atoms with Gasteiger partial charge in [0, 0.05) is 22.3 Å². The van der Waals surface area contributed by atoms with Crippen LogP contribution in [0.15, 0.2) is 71.4 Å². The van der Waals surface area contributed by atoms with E-state index in [9.17, 15) is 9.59 Å². The van der Waals surface area contributed by atoms with E-state index in [0.29, 0.717) is 22.3 Å². The Morgan fingerprint density at radius 3 is 2.05 bits per heavy atom. The Labute approximate surface area is 127 Å². The largest absolute Gasteiger partial charge is 0.289 e. The summed E-state index contributed by atoms with van der Waals surface area (Å²) in [6.07, 6.45) is 8.87. The summed E-state index contributed by atoms with van der Waals surface area (Å²) in [5.41, 5.74) is 2.50. The summed E-state index contributed by atoms with van der Waals surface area (Å²) in [6, 6.07) is 0. The van der Waals surface area contributed by atoms with Gasteiger partial charge in [0.1, 0.15) is 0 Å². The molecule has 2 nitrogen and oxygen atoms in total. The van der Waals surface area contributed by atoms with Gasteiger partial charge in [0.25, 0.3) is 0 Å². The molecule has 0 heterocycles. The minimum Gasteiger partial charge on any atom is -0.289 e. The summed E-state index contributed by atoms with van der Waals surface area (Å²) < 4.78 is 0. The molecule has 0 N–H and O–H groups in total. The van der Waals surface area contributed by atoms with Gasteiger partial charge in [0.2, 0.25) is 0 Å². The fourth-order valence-corrected chi connectivity index (χ4v) is 2.12. The molecule has 2 heteroatoms. The summed E-state index contributed by atoms with van der Waals surface area (Å²) in [4.78, 5) is 25.1. The van der Waals surface area contributed by atoms with Crippen molar-refractivity contribution in [2.24, 2.45) is 0 Å². The topological polar surface area (TPSA) is 34.1 Å². The molecule has 1 aliphatic carbocycles. The van der Waals surface area contributed by atoms with Crippen LogP contribution in [0.3, 0.4) is 0 Å². The fraction of sp³-hybridized carbons (Fsp3) is 0.263. The van der Waals surface area contributed by atoms with Gasteiger partial charge in [0.05, 0.1) is 0 Å². The first kappa shape index (κ1) is 18.8. The van der Waals surface area contributed by atoms with Crippen LogP contribution in [-0.4, -0.2) is 11.6 Å². The van der Waals surface area contributed by atoms with Gasteiger partial charge in [-0.2, -0.15) is 0 Å². The number of hydrogen-bond donors (Lipinski definition) is 0. The number of carbonyl (C=O) groups is 2. The zero-order valence-corrected chi connectivity index (χ0v) is 12.3. The normalized spacial score (nSPS) is 19.9. The monoisotopic (exact) mass is 284 g/mol. The summed E-state index contributed by atoms with van der Waals surface area (Å²) in [6.45, 7) is 13.0. The van der Waals surface area contributed by atoms with E-state index in [4.69, 9.17) is 0 Å². The third kappa shape index (κ3) is 3.46. The van der Waals surface area contributed by atoms with Gasteiger partial charge in [-0.3, -0.25) is 9.59 Å². The van der Waals surface area contributed by atoms with Gasteiger partial charge in [-0.1, -0.05) is 63.5 Å². The second-order valence-electron chi connectivity index (χ2n) is 4.51. The summed E-state index contributed by atoms with van der Waals surface area (Å²) in [7, 11) is 0. The fourth-order valence-electron chi connectivity index (χ4n) is 2.12. The Morgan fingerprint density at radius 1 is 1.10 bits per heavy atom. The summed E-state index contributed by atoms with van der Waals surface area (Å²) in [5.74, 6) is -0.319. The first-order chi connectivity index (χ1) is 9.53.